The van der Waals surface area contributed by atoms with Gasteiger partial charge in [-0.3, -0.25) is 0 Å². The Labute approximate surface area is 172 Å². The molecule has 1 fully saturated rings. The summed E-state index contributed by atoms with van der Waals surface area (Å²) >= 11 is 1.66. The first kappa shape index (κ1) is 20.6. The van der Waals surface area contributed by atoms with E-state index >= 15 is 0 Å². The van der Waals surface area contributed by atoms with Crippen LogP contribution in [-0.4, -0.2) is 71.0 Å². The van der Waals surface area contributed by atoms with Gasteiger partial charge in [-0.1, -0.05) is 12.1 Å². The molecule has 1 aromatic carbocycles. The van der Waals surface area contributed by atoms with Gasteiger partial charge >= 0.3 is 11.9 Å². The lowest BCUT2D eigenvalue weighted by atomic mass is 10.2. The molecule has 0 amide bonds. The van der Waals surface area contributed by atoms with E-state index in [0.717, 1.165) is 54.8 Å². The van der Waals surface area contributed by atoms with Crippen LogP contribution in [-0.2, 0) is 9.59 Å². The van der Waals surface area contributed by atoms with Gasteiger partial charge in [-0.15, -0.1) is 11.3 Å². The number of likely N-dealkylation sites (N-methyl/N-ethyl adjacent to an activating group) is 1. The Kier molecular flexibility index (Phi) is 6.63. The predicted molar refractivity (Wildman–Crippen MR) is 111 cm³/mol. The third-order valence-electron chi connectivity index (χ3n) is 4.35. The number of carboxylic acids is 2. The fourth-order valence-electron chi connectivity index (χ4n) is 2.86. The summed E-state index contributed by atoms with van der Waals surface area (Å²) in [5, 5.41) is 19.8. The van der Waals surface area contributed by atoms with E-state index in [4.69, 9.17) is 19.9 Å². The number of amidine groups is 1. The summed E-state index contributed by atoms with van der Waals surface area (Å²) in [6.45, 7) is 4.15. The van der Waals surface area contributed by atoms with Gasteiger partial charge in [-0.2, -0.15) is 0 Å². The minimum absolute atomic E-state index is 0.558. The van der Waals surface area contributed by atoms with Crippen molar-refractivity contribution in [1.29, 1.82) is 0 Å². The molecule has 0 spiro atoms. The number of nitrogens with zero attached hydrogens (tertiary/aromatic N) is 3. The van der Waals surface area contributed by atoms with E-state index in [2.05, 4.69) is 27.6 Å². The highest BCUT2D eigenvalue weighted by atomic mass is 32.1. The summed E-state index contributed by atoms with van der Waals surface area (Å²) in [5.74, 6) is 0.285. The van der Waals surface area contributed by atoms with Crippen LogP contribution in [0.2, 0.25) is 0 Å². The summed E-state index contributed by atoms with van der Waals surface area (Å²) in [7, 11) is 2.17. The summed E-state index contributed by atoms with van der Waals surface area (Å²) in [4.78, 5) is 28.7. The Bertz CT molecular complexity index is 929. The molecule has 29 heavy (non-hydrogen) atoms. The second-order valence-electron chi connectivity index (χ2n) is 6.46. The van der Waals surface area contributed by atoms with E-state index < -0.39 is 11.9 Å². The van der Waals surface area contributed by atoms with Gasteiger partial charge in [0.25, 0.3) is 0 Å². The molecule has 9 heteroatoms. The zero-order chi connectivity index (χ0) is 20.8. The van der Waals surface area contributed by atoms with Gasteiger partial charge in [0, 0.05) is 49.1 Å². The number of thiophene rings is 1. The molecule has 2 aliphatic heterocycles. The van der Waals surface area contributed by atoms with Gasteiger partial charge in [0.2, 0.25) is 0 Å². The normalized spacial score (nSPS) is 15.9. The predicted octanol–water partition coefficient (Wildman–Crippen LogP) is 2.89. The van der Waals surface area contributed by atoms with Gasteiger partial charge in [0.15, 0.2) is 5.75 Å². The highest BCUT2D eigenvalue weighted by Gasteiger charge is 2.25. The number of hydrogen-bond donors (Lipinski definition) is 2. The SMILES string of the molecule is CN1CCN(C2=Nc3ccccc3Oc3cscc32)CC1.O=C(O)/C=C/C(=O)O. The number of piperazine rings is 1. The van der Waals surface area contributed by atoms with E-state index in [1.165, 1.54) is 0 Å². The molecule has 1 saturated heterocycles. The van der Waals surface area contributed by atoms with Crippen LogP contribution in [0, 0.1) is 0 Å². The van der Waals surface area contributed by atoms with Crippen molar-refractivity contribution in [3.63, 3.8) is 0 Å². The first-order chi connectivity index (χ1) is 13.9. The molecule has 1 aromatic heterocycles. The number of ether oxygens (including phenoxy) is 1. The van der Waals surface area contributed by atoms with Crippen molar-refractivity contribution in [2.24, 2.45) is 4.99 Å². The third-order valence-corrected chi connectivity index (χ3v) is 5.07. The Morgan fingerprint density at radius 3 is 2.34 bits per heavy atom. The molecule has 0 bridgehead atoms. The molecule has 2 aromatic rings. The van der Waals surface area contributed by atoms with Crippen molar-refractivity contribution in [3.8, 4) is 11.5 Å². The maximum absolute atomic E-state index is 9.55. The molecule has 3 heterocycles. The zero-order valence-electron chi connectivity index (χ0n) is 15.8. The summed E-state index contributed by atoms with van der Waals surface area (Å²) in [5.41, 5.74) is 2.02. The van der Waals surface area contributed by atoms with E-state index in [1.54, 1.807) is 11.3 Å². The number of fused-ring (bicyclic) bond motifs is 2. The first-order valence-electron chi connectivity index (χ1n) is 8.93. The maximum atomic E-state index is 9.55. The molecule has 4 rings (SSSR count). The number of benzene rings is 1. The van der Waals surface area contributed by atoms with Crippen LogP contribution in [0.1, 0.15) is 5.56 Å². The molecule has 8 nitrogen and oxygen atoms in total. The largest absolute Gasteiger partial charge is 0.478 e. The number of aliphatic carboxylic acids is 2. The molecule has 2 N–H and O–H groups in total. The molecule has 0 atom stereocenters. The van der Waals surface area contributed by atoms with Crippen LogP contribution in [0.15, 0.2) is 52.2 Å². The minimum Gasteiger partial charge on any atom is -0.478 e. The lowest BCUT2D eigenvalue weighted by molar-refractivity contribution is -0.134. The van der Waals surface area contributed by atoms with Crippen molar-refractivity contribution >= 4 is 34.8 Å². The van der Waals surface area contributed by atoms with Gasteiger partial charge < -0.3 is 24.7 Å². The Morgan fingerprint density at radius 2 is 1.69 bits per heavy atom. The molecule has 0 unspecified atom stereocenters. The molecule has 152 valence electrons. The van der Waals surface area contributed by atoms with E-state index in [9.17, 15) is 9.59 Å². The van der Waals surface area contributed by atoms with Crippen molar-refractivity contribution in [2.75, 3.05) is 33.2 Å². The maximum Gasteiger partial charge on any atom is 0.328 e. The molecule has 2 aliphatic rings. The quantitative estimate of drug-likeness (QED) is 0.727. The average molecular weight is 415 g/mol. The van der Waals surface area contributed by atoms with E-state index in [-0.39, 0.29) is 0 Å². The lowest BCUT2D eigenvalue weighted by Crippen LogP contribution is -2.47. The minimum atomic E-state index is -1.26. The van der Waals surface area contributed by atoms with Crippen molar-refractivity contribution in [3.05, 3.63) is 52.7 Å². The van der Waals surface area contributed by atoms with Gasteiger partial charge in [-0.05, 0) is 19.2 Å². The Morgan fingerprint density at radius 1 is 1.03 bits per heavy atom. The fraction of sp³-hybridized carbons (Fsp3) is 0.250. The van der Waals surface area contributed by atoms with Crippen LogP contribution in [0.3, 0.4) is 0 Å². The average Bonchev–Trinajstić information content (AvgIpc) is 3.09. The second-order valence-corrected chi connectivity index (χ2v) is 7.20. The Hall–Kier alpha value is -3.17. The van der Waals surface area contributed by atoms with Crippen LogP contribution in [0.4, 0.5) is 5.69 Å². The molecular weight excluding hydrogens is 394 g/mol. The second kappa shape index (κ2) is 9.35. The number of rotatable bonds is 2. The summed E-state index contributed by atoms with van der Waals surface area (Å²) in [6.07, 6.45) is 1.12. The lowest BCUT2D eigenvalue weighted by Gasteiger charge is -2.34. The Balaban J connectivity index is 0.000000258. The molecule has 0 aliphatic carbocycles. The first-order valence-corrected chi connectivity index (χ1v) is 9.88. The van der Waals surface area contributed by atoms with Crippen molar-refractivity contribution in [2.45, 2.75) is 0 Å². The molecule has 0 radical (unpaired) electrons. The van der Waals surface area contributed by atoms with Crippen molar-refractivity contribution < 1.29 is 24.5 Å². The zero-order valence-corrected chi connectivity index (χ0v) is 16.6. The number of para-hydroxylation sites is 2. The smallest absolute Gasteiger partial charge is 0.328 e. The van der Waals surface area contributed by atoms with Crippen LogP contribution < -0.4 is 4.74 Å². The highest BCUT2D eigenvalue weighted by Crippen LogP contribution is 2.39. The van der Waals surface area contributed by atoms with Gasteiger partial charge in [0.1, 0.15) is 17.3 Å². The summed E-state index contributed by atoms with van der Waals surface area (Å²) in [6, 6.07) is 7.99. The highest BCUT2D eigenvalue weighted by molar-refractivity contribution is 7.08. The van der Waals surface area contributed by atoms with Crippen LogP contribution in [0.25, 0.3) is 0 Å². The third kappa shape index (κ3) is 5.43. The number of aliphatic imine (C=N–C) groups is 1. The number of hydrogen-bond acceptors (Lipinski definition) is 7. The van der Waals surface area contributed by atoms with Crippen LogP contribution >= 0.6 is 11.3 Å². The van der Waals surface area contributed by atoms with Crippen molar-refractivity contribution in [1.82, 2.24) is 9.80 Å². The standard InChI is InChI=1S/C16H17N3OS.C4H4O4/c1-18-6-8-19(9-7-18)16-12-10-21-11-15(12)20-14-5-3-2-4-13(14)17-16;5-3(6)1-2-4(7)8/h2-5,10-11H,6-9H2,1H3;1-2H,(H,5,6)(H,7,8)/b;2-1+. The van der Waals surface area contributed by atoms with Gasteiger partial charge in [0.05, 0.1) is 5.56 Å². The number of carbonyl (C=O) groups is 2. The fourth-order valence-corrected chi connectivity index (χ4v) is 3.58. The molecule has 0 saturated carbocycles. The monoisotopic (exact) mass is 415 g/mol. The molecular formula is C20H21N3O5S. The van der Waals surface area contributed by atoms with Crippen LogP contribution in [0.5, 0.6) is 11.5 Å². The topological polar surface area (TPSA) is 103 Å². The van der Waals surface area contributed by atoms with E-state index in [0.29, 0.717) is 12.2 Å². The number of carboxylic acid groups (broad SMARTS) is 2. The van der Waals surface area contributed by atoms with Gasteiger partial charge in [-0.25, -0.2) is 14.6 Å². The summed E-state index contributed by atoms with van der Waals surface area (Å²) < 4.78 is 6.04. The van der Waals surface area contributed by atoms with E-state index in [1.807, 2.05) is 24.3 Å².